The number of nitrogens with zero attached hydrogens (tertiary/aromatic N) is 1. The van der Waals surface area contributed by atoms with Gasteiger partial charge < -0.3 is 19.9 Å². The van der Waals surface area contributed by atoms with Crippen molar-refractivity contribution in [2.45, 2.75) is 32.5 Å². The zero-order chi connectivity index (χ0) is 16.3. The normalized spacial score (nSPS) is 16.0. The Bertz CT molecular complexity index is 531. The second kappa shape index (κ2) is 6.98. The molecule has 2 N–H and O–H groups in total. The fourth-order valence-corrected chi connectivity index (χ4v) is 2.41. The molecule has 2 unspecified atom stereocenters. The van der Waals surface area contributed by atoms with E-state index in [-0.39, 0.29) is 18.7 Å². The molecule has 2 rings (SSSR count). The van der Waals surface area contributed by atoms with E-state index in [1.165, 1.54) is 0 Å². The topological polar surface area (TPSA) is 71.0 Å². The summed E-state index contributed by atoms with van der Waals surface area (Å²) in [7, 11) is 3.56. The number of ether oxygens (including phenoxy) is 2. The van der Waals surface area contributed by atoms with Crippen LogP contribution in [0.2, 0.25) is 0 Å². The molecule has 1 aliphatic heterocycles. The Hall–Kier alpha value is -1.79. The highest BCUT2D eigenvalue weighted by molar-refractivity contribution is 5.95. The third kappa shape index (κ3) is 3.90. The standard InChI is InChI=1S/C16H24N2O4/c1-10(2)7-12(16(20)18(3)4)17-15(19)11-5-6-13-14(8-11)22-9-21-13/h5-6,8,10,12,16,20H,7,9H2,1-4H3,(H,17,19). The van der Waals surface area contributed by atoms with Crippen LogP contribution in [0, 0.1) is 5.92 Å². The van der Waals surface area contributed by atoms with E-state index in [0.29, 0.717) is 29.4 Å². The molecule has 0 saturated carbocycles. The molecule has 0 bridgehead atoms. The van der Waals surface area contributed by atoms with Gasteiger partial charge in [-0.2, -0.15) is 0 Å². The van der Waals surface area contributed by atoms with E-state index in [1.807, 2.05) is 0 Å². The number of benzene rings is 1. The number of nitrogens with one attached hydrogen (secondary N) is 1. The third-order valence-electron chi connectivity index (χ3n) is 3.57. The Morgan fingerprint density at radius 1 is 1.32 bits per heavy atom. The van der Waals surface area contributed by atoms with Gasteiger partial charge in [0.2, 0.25) is 6.79 Å². The first-order valence-corrected chi connectivity index (χ1v) is 7.43. The summed E-state index contributed by atoms with van der Waals surface area (Å²) in [5.74, 6) is 1.34. The number of rotatable bonds is 6. The van der Waals surface area contributed by atoms with E-state index in [0.717, 1.165) is 0 Å². The van der Waals surface area contributed by atoms with Gasteiger partial charge in [-0.1, -0.05) is 13.8 Å². The van der Waals surface area contributed by atoms with Crippen molar-refractivity contribution in [1.82, 2.24) is 10.2 Å². The lowest BCUT2D eigenvalue weighted by Crippen LogP contribution is -2.50. The summed E-state index contributed by atoms with van der Waals surface area (Å²) in [6, 6.07) is 4.73. The molecule has 22 heavy (non-hydrogen) atoms. The van der Waals surface area contributed by atoms with Gasteiger partial charge in [-0.3, -0.25) is 9.69 Å². The van der Waals surface area contributed by atoms with Crippen molar-refractivity contribution in [2.24, 2.45) is 5.92 Å². The molecule has 2 atom stereocenters. The molecule has 0 radical (unpaired) electrons. The highest BCUT2D eigenvalue weighted by Crippen LogP contribution is 2.32. The second-order valence-electron chi connectivity index (χ2n) is 6.15. The molecule has 1 heterocycles. The molecule has 0 aromatic heterocycles. The molecule has 1 aromatic carbocycles. The molecular formula is C16H24N2O4. The van der Waals surface area contributed by atoms with Gasteiger partial charge in [-0.25, -0.2) is 0 Å². The molecule has 0 saturated heterocycles. The Balaban J connectivity index is 2.10. The first kappa shape index (κ1) is 16.6. The number of likely N-dealkylation sites (N-methyl/N-ethyl adjacent to an activating group) is 1. The SMILES string of the molecule is CC(C)CC(NC(=O)c1ccc2c(c1)OCO2)C(O)N(C)C. The summed E-state index contributed by atoms with van der Waals surface area (Å²) < 4.78 is 10.5. The largest absolute Gasteiger partial charge is 0.454 e. The molecule has 0 spiro atoms. The van der Waals surface area contributed by atoms with E-state index in [9.17, 15) is 9.90 Å². The van der Waals surface area contributed by atoms with Gasteiger partial charge in [0.05, 0.1) is 6.04 Å². The van der Waals surface area contributed by atoms with Crippen molar-refractivity contribution in [2.75, 3.05) is 20.9 Å². The zero-order valence-electron chi connectivity index (χ0n) is 13.5. The Kier molecular flexibility index (Phi) is 5.26. The number of carbonyl (C=O) groups is 1. The van der Waals surface area contributed by atoms with E-state index in [2.05, 4.69) is 19.2 Å². The average Bonchev–Trinajstić information content (AvgIpc) is 2.92. The van der Waals surface area contributed by atoms with Crippen LogP contribution in [0.15, 0.2) is 18.2 Å². The minimum absolute atomic E-state index is 0.176. The minimum Gasteiger partial charge on any atom is -0.454 e. The Morgan fingerprint density at radius 3 is 2.64 bits per heavy atom. The lowest BCUT2D eigenvalue weighted by atomic mass is 10.0. The maximum Gasteiger partial charge on any atom is 0.251 e. The number of hydrogen-bond acceptors (Lipinski definition) is 5. The first-order chi connectivity index (χ1) is 10.4. The van der Waals surface area contributed by atoms with Crippen molar-refractivity contribution in [3.05, 3.63) is 23.8 Å². The van der Waals surface area contributed by atoms with E-state index < -0.39 is 6.23 Å². The number of aliphatic hydroxyl groups excluding tert-OH is 1. The van der Waals surface area contributed by atoms with Crippen molar-refractivity contribution in [3.63, 3.8) is 0 Å². The van der Waals surface area contributed by atoms with E-state index >= 15 is 0 Å². The fourth-order valence-electron chi connectivity index (χ4n) is 2.41. The number of amides is 1. The van der Waals surface area contributed by atoms with Crippen LogP contribution < -0.4 is 14.8 Å². The lowest BCUT2D eigenvalue weighted by Gasteiger charge is -2.30. The monoisotopic (exact) mass is 308 g/mol. The number of aliphatic hydroxyl groups is 1. The van der Waals surface area contributed by atoms with Crippen LogP contribution in [0.25, 0.3) is 0 Å². The van der Waals surface area contributed by atoms with Crippen LogP contribution in [-0.4, -0.2) is 49.1 Å². The summed E-state index contributed by atoms with van der Waals surface area (Å²) in [5, 5.41) is 13.2. The third-order valence-corrected chi connectivity index (χ3v) is 3.57. The van der Waals surface area contributed by atoms with Gasteiger partial charge in [-0.05, 0) is 44.6 Å². The summed E-state index contributed by atoms with van der Waals surface area (Å²) >= 11 is 0. The quantitative estimate of drug-likeness (QED) is 0.778. The number of fused-ring (bicyclic) bond motifs is 1. The van der Waals surface area contributed by atoms with Crippen LogP contribution >= 0.6 is 0 Å². The summed E-state index contributed by atoms with van der Waals surface area (Å²) in [6.45, 7) is 4.29. The lowest BCUT2D eigenvalue weighted by molar-refractivity contribution is 0.00224. The fraction of sp³-hybridized carbons (Fsp3) is 0.562. The maximum absolute atomic E-state index is 12.4. The smallest absolute Gasteiger partial charge is 0.251 e. The summed E-state index contributed by atoms with van der Waals surface area (Å²) in [6.07, 6.45) is -0.0457. The van der Waals surface area contributed by atoms with Crippen molar-refractivity contribution in [1.29, 1.82) is 0 Å². The predicted octanol–water partition coefficient (Wildman–Crippen LogP) is 1.44. The molecular weight excluding hydrogens is 284 g/mol. The van der Waals surface area contributed by atoms with E-state index in [4.69, 9.17) is 9.47 Å². The molecule has 6 nitrogen and oxygen atoms in total. The van der Waals surface area contributed by atoms with E-state index in [1.54, 1.807) is 37.2 Å². The van der Waals surface area contributed by atoms with Crippen molar-refractivity contribution in [3.8, 4) is 11.5 Å². The van der Waals surface area contributed by atoms with Gasteiger partial charge in [0.15, 0.2) is 11.5 Å². The molecule has 122 valence electrons. The van der Waals surface area contributed by atoms with Crippen LogP contribution in [-0.2, 0) is 0 Å². The predicted molar refractivity (Wildman–Crippen MR) is 83.0 cm³/mol. The molecule has 0 aliphatic carbocycles. The minimum atomic E-state index is -0.736. The molecule has 1 amide bonds. The number of hydrogen-bond donors (Lipinski definition) is 2. The maximum atomic E-state index is 12.4. The van der Waals surface area contributed by atoms with Crippen LogP contribution in [0.1, 0.15) is 30.6 Å². The zero-order valence-corrected chi connectivity index (χ0v) is 13.5. The van der Waals surface area contributed by atoms with Gasteiger partial charge in [0.1, 0.15) is 6.23 Å². The van der Waals surface area contributed by atoms with Gasteiger partial charge >= 0.3 is 0 Å². The Morgan fingerprint density at radius 2 is 2.00 bits per heavy atom. The summed E-state index contributed by atoms with van der Waals surface area (Å²) in [5.41, 5.74) is 0.490. The van der Waals surface area contributed by atoms with Crippen LogP contribution in [0.3, 0.4) is 0 Å². The molecule has 1 aliphatic rings. The van der Waals surface area contributed by atoms with Gasteiger partial charge in [0.25, 0.3) is 5.91 Å². The highest BCUT2D eigenvalue weighted by atomic mass is 16.7. The molecule has 0 fully saturated rings. The van der Waals surface area contributed by atoms with Crippen molar-refractivity contribution >= 4 is 5.91 Å². The van der Waals surface area contributed by atoms with Gasteiger partial charge in [-0.15, -0.1) is 0 Å². The summed E-state index contributed by atoms with van der Waals surface area (Å²) in [4.78, 5) is 14.1. The highest BCUT2D eigenvalue weighted by Gasteiger charge is 2.25. The molecule has 6 heteroatoms. The first-order valence-electron chi connectivity index (χ1n) is 7.43. The van der Waals surface area contributed by atoms with Crippen LogP contribution in [0.4, 0.5) is 0 Å². The number of carbonyl (C=O) groups excluding carboxylic acids is 1. The average molecular weight is 308 g/mol. The Labute approximate surface area is 131 Å². The molecule has 1 aromatic rings. The van der Waals surface area contributed by atoms with Crippen LogP contribution in [0.5, 0.6) is 11.5 Å². The second-order valence-corrected chi connectivity index (χ2v) is 6.15. The van der Waals surface area contributed by atoms with Gasteiger partial charge in [0, 0.05) is 5.56 Å². The van der Waals surface area contributed by atoms with Crippen molar-refractivity contribution < 1.29 is 19.4 Å².